The summed E-state index contributed by atoms with van der Waals surface area (Å²) in [7, 11) is 4.62. The Hall–Kier alpha value is -2.81. The Balaban J connectivity index is 2.00. The predicted octanol–water partition coefficient (Wildman–Crippen LogP) is 0.916. The van der Waals surface area contributed by atoms with Crippen molar-refractivity contribution in [2.24, 2.45) is 21.1 Å². The van der Waals surface area contributed by atoms with Crippen LogP contribution in [0.3, 0.4) is 0 Å². The molecule has 1 unspecified atom stereocenters. The van der Waals surface area contributed by atoms with E-state index in [0.717, 1.165) is 20.2 Å². The van der Waals surface area contributed by atoms with Crippen LogP contribution >= 0.6 is 11.8 Å². The first-order valence-corrected chi connectivity index (χ1v) is 8.79. The van der Waals surface area contributed by atoms with Gasteiger partial charge in [-0.2, -0.15) is 0 Å². The lowest BCUT2D eigenvalue weighted by Crippen LogP contribution is -2.42. The second-order valence-electron chi connectivity index (χ2n) is 6.03. The highest BCUT2D eigenvalue weighted by molar-refractivity contribution is 8.00. The van der Waals surface area contributed by atoms with E-state index in [1.165, 1.54) is 25.9 Å². The number of hydrogen-bond acceptors (Lipinski definition) is 6. The Morgan fingerprint density at radius 2 is 1.77 bits per heavy atom. The van der Waals surface area contributed by atoms with Crippen LogP contribution in [0.15, 0.2) is 39.0 Å². The van der Waals surface area contributed by atoms with Crippen molar-refractivity contribution in [1.29, 1.82) is 0 Å². The summed E-state index contributed by atoms with van der Waals surface area (Å²) in [5, 5.41) is 0.0604. The maximum Gasteiger partial charge on any atom is 0.332 e. The molecule has 0 amide bonds. The molecular weight excluding hydrogens is 354 g/mol. The molecule has 0 saturated carbocycles. The van der Waals surface area contributed by atoms with Crippen LogP contribution in [0.4, 0.5) is 5.82 Å². The maximum absolute atomic E-state index is 12.9. The third kappa shape index (κ3) is 2.74. The fourth-order valence-corrected chi connectivity index (χ4v) is 3.68. The zero-order valence-electron chi connectivity index (χ0n) is 14.9. The lowest BCUT2D eigenvalue weighted by atomic mass is 10.1. The molecule has 0 aliphatic rings. The van der Waals surface area contributed by atoms with Crippen molar-refractivity contribution in [2.45, 2.75) is 17.3 Å². The number of nitrogen functional groups attached to an aromatic ring is 1. The van der Waals surface area contributed by atoms with Crippen LogP contribution in [0.1, 0.15) is 17.3 Å². The lowest BCUT2D eigenvalue weighted by molar-refractivity contribution is 0.0992. The van der Waals surface area contributed by atoms with Gasteiger partial charge in [0.15, 0.2) is 10.9 Å². The molecule has 9 heteroatoms. The highest BCUT2D eigenvalue weighted by atomic mass is 32.2. The van der Waals surface area contributed by atoms with Gasteiger partial charge in [0.2, 0.25) is 0 Å². The largest absolute Gasteiger partial charge is 0.384 e. The number of anilines is 1. The van der Waals surface area contributed by atoms with Crippen molar-refractivity contribution in [3.63, 3.8) is 0 Å². The number of rotatable bonds is 4. The van der Waals surface area contributed by atoms with Gasteiger partial charge in [-0.25, -0.2) is 9.78 Å². The second kappa shape index (κ2) is 6.49. The van der Waals surface area contributed by atoms with E-state index in [9.17, 15) is 14.4 Å². The van der Waals surface area contributed by atoms with Gasteiger partial charge in [-0.1, -0.05) is 23.9 Å². The summed E-state index contributed by atoms with van der Waals surface area (Å²) in [6.07, 6.45) is 0. The summed E-state index contributed by atoms with van der Waals surface area (Å²) in [6, 6.07) is 7.65. The van der Waals surface area contributed by atoms with Crippen molar-refractivity contribution in [3.05, 3.63) is 50.7 Å². The number of nitrogens with two attached hydrogens (primary N) is 1. The quantitative estimate of drug-likeness (QED) is 0.538. The van der Waals surface area contributed by atoms with Crippen LogP contribution in [0.5, 0.6) is 0 Å². The first-order chi connectivity index (χ1) is 12.2. The molecule has 0 aliphatic heterocycles. The molecule has 0 radical (unpaired) electrons. The first kappa shape index (κ1) is 18.0. The van der Waals surface area contributed by atoms with Gasteiger partial charge in [-0.3, -0.25) is 18.7 Å². The minimum Gasteiger partial charge on any atom is -0.384 e. The summed E-state index contributed by atoms with van der Waals surface area (Å²) >= 11 is 1.24. The zero-order valence-corrected chi connectivity index (χ0v) is 15.7. The zero-order chi connectivity index (χ0) is 19.2. The van der Waals surface area contributed by atoms with Crippen molar-refractivity contribution in [3.8, 4) is 0 Å². The summed E-state index contributed by atoms with van der Waals surface area (Å²) in [5.41, 5.74) is 6.23. The Morgan fingerprint density at radius 3 is 2.42 bits per heavy atom. The number of carbonyl (C=O) groups is 1. The van der Waals surface area contributed by atoms with Crippen LogP contribution < -0.4 is 17.0 Å². The molecule has 2 aromatic heterocycles. The molecule has 0 saturated heterocycles. The number of para-hydroxylation sites is 2. The summed E-state index contributed by atoms with van der Waals surface area (Å²) in [4.78, 5) is 41.7. The molecule has 136 valence electrons. The van der Waals surface area contributed by atoms with Gasteiger partial charge in [0.25, 0.3) is 5.56 Å². The highest BCUT2D eigenvalue weighted by Gasteiger charge is 2.26. The maximum atomic E-state index is 12.9. The number of benzene rings is 1. The summed E-state index contributed by atoms with van der Waals surface area (Å²) in [5.74, 6) is -0.559. The number of aryl methyl sites for hydroxylation is 1. The third-order valence-electron chi connectivity index (χ3n) is 4.35. The van der Waals surface area contributed by atoms with Crippen LogP contribution in [0.25, 0.3) is 11.0 Å². The molecule has 1 atom stereocenters. The second-order valence-corrected chi connectivity index (χ2v) is 7.34. The lowest BCUT2D eigenvalue weighted by Gasteiger charge is -2.14. The minimum absolute atomic E-state index is 0.124. The van der Waals surface area contributed by atoms with Crippen LogP contribution in [0.2, 0.25) is 0 Å². The SMILES string of the molecule is CC(Sc1nc2ccccc2n1C)C(=O)c1c(N)n(C)c(=O)n(C)c1=O. The molecule has 0 bridgehead atoms. The Morgan fingerprint density at radius 1 is 1.12 bits per heavy atom. The molecule has 0 spiro atoms. The van der Waals surface area contributed by atoms with Crippen molar-refractivity contribution < 1.29 is 4.79 Å². The third-order valence-corrected chi connectivity index (χ3v) is 5.50. The monoisotopic (exact) mass is 373 g/mol. The normalized spacial score (nSPS) is 12.5. The summed E-state index contributed by atoms with van der Waals surface area (Å²) < 4.78 is 3.88. The fourth-order valence-electron chi connectivity index (χ4n) is 2.74. The van der Waals surface area contributed by atoms with Crippen LogP contribution in [-0.4, -0.2) is 29.7 Å². The number of carbonyl (C=O) groups excluding carboxylic acids is 1. The number of thioether (sulfide) groups is 1. The molecule has 3 rings (SSSR count). The topological polar surface area (TPSA) is 105 Å². The molecule has 3 aromatic rings. The van der Waals surface area contributed by atoms with E-state index < -0.39 is 22.3 Å². The Bertz CT molecular complexity index is 1140. The van der Waals surface area contributed by atoms with Gasteiger partial charge in [0, 0.05) is 21.1 Å². The first-order valence-electron chi connectivity index (χ1n) is 7.91. The molecule has 0 fully saturated rings. The van der Waals surface area contributed by atoms with E-state index >= 15 is 0 Å². The van der Waals surface area contributed by atoms with Gasteiger partial charge in [-0.15, -0.1) is 0 Å². The highest BCUT2D eigenvalue weighted by Crippen LogP contribution is 2.28. The van der Waals surface area contributed by atoms with Crippen molar-refractivity contribution in [1.82, 2.24) is 18.7 Å². The number of ketones is 1. The van der Waals surface area contributed by atoms with Crippen molar-refractivity contribution >= 4 is 34.4 Å². The average Bonchev–Trinajstić information content (AvgIpc) is 2.94. The number of imidazole rings is 1. The molecule has 1 aromatic carbocycles. The smallest absolute Gasteiger partial charge is 0.332 e. The van der Waals surface area contributed by atoms with Crippen LogP contribution in [0, 0.1) is 0 Å². The minimum atomic E-state index is -0.687. The molecule has 0 aliphatic carbocycles. The number of Topliss-reactive ketones (excluding diaryl/α,β-unsaturated/α-hetero) is 1. The van der Waals surface area contributed by atoms with Gasteiger partial charge >= 0.3 is 5.69 Å². The number of nitrogens with zero attached hydrogens (tertiary/aromatic N) is 4. The summed E-state index contributed by atoms with van der Waals surface area (Å²) in [6.45, 7) is 1.69. The van der Waals surface area contributed by atoms with Gasteiger partial charge in [-0.05, 0) is 19.1 Å². The standard InChI is InChI=1S/C17H19N5O3S/c1-9(26-16-19-10-7-5-6-8-11(10)20(16)2)13(23)12-14(18)21(3)17(25)22(4)15(12)24/h5-9H,18H2,1-4H3. The van der Waals surface area contributed by atoms with Crippen molar-refractivity contribution in [2.75, 3.05) is 5.73 Å². The number of hydrogen-bond donors (Lipinski definition) is 1. The van der Waals surface area contributed by atoms with E-state index in [1.807, 2.05) is 35.9 Å². The van der Waals surface area contributed by atoms with E-state index in [-0.39, 0.29) is 11.4 Å². The molecular formula is C17H19N5O3S. The van der Waals surface area contributed by atoms with E-state index in [2.05, 4.69) is 4.98 Å². The number of aromatic nitrogens is 4. The predicted molar refractivity (Wildman–Crippen MR) is 102 cm³/mol. The number of fused-ring (bicyclic) bond motifs is 1. The Labute approximate surface area is 153 Å². The Kier molecular flexibility index (Phi) is 4.49. The van der Waals surface area contributed by atoms with Gasteiger partial charge < -0.3 is 10.3 Å². The molecule has 2 heterocycles. The van der Waals surface area contributed by atoms with E-state index in [1.54, 1.807) is 6.92 Å². The van der Waals surface area contributed by atoms with E-state index in [4.69, 9.17) is 5.73 Å². The van der Waals surface area contributed by atoms with Crippen LogP contribution in [-0.2, 0) is 21.1 Å². The average molecular weight is 373 g/mol. The van der Waals surface area contributed by atoms with Gasteiger partial charge in [0.05, 0.1) is 16.3 Å². The molecule has 2 N–H and O–H groups in total. The van der Waals surface area contributed by atoms with Gasteiger partial charge in [0.1, 0.15) is 11.4 Å². The fraction of sp³-hybridized carbons (Fsp3) is 0.294. The molecule has 26 heavy (non-hydrogen) atoms. The van der Waals surface area contributed by atoms with E-state index in [0.29, 0.717) is 5.16 Å². The molecule has 8 nitrogen and oxygen atoms in total.